The van der Waals surface area contributed by atoms with E-state index in [1.807, 2.05) is 62.4 Å². The van der Waals surface area contributed by atoms with E-state index < -0.39 is 6.10 Å². The Morgan fingerprint density at radius 2 is 1.84 bits per heavy atom. The number of ether oxygens (including phenoxy) is 2. The number of β-amino-alcohol motifs (C(OH)–C–C–N with tert-alkyl or cyclic N) is 1. The highest BCUT2D eigenvalue weighted by Gasteiger charge is 2.29. The smallest absolute Gasteiger partial charge is 0.127 e. The molecule has 3 aromatic carbocycles. The summed E-state index contributed by atoms with van der Waals surface area (Å²) in [6.07, 6.45) is -0.0850. The Balaban J connectivity index is 1.49. The Bertz CT molecular complexity index is 1010. The van der Waals surface area contributed by atoms with Crippen molar-refractivity contribution in [3.05, 3.63) is 66.2 Å². The number of hydrogen-bond donors (Lipinski definition) is 2. The van der Waals surface area contributed by atoms with Crippen molar-refractivity contribution in [2.75, 3.05) is 26.2 Å². The van der Waals surface area contributed by atoms with Gasteiger partial charge in [-0.3, -0.25) is 4.90 Å². The molecule has 0 saturated carbocycles. The maximum Gasteiger partial charge on any atom is 0.127 e. The van der Waals surface area contributed by atoms with Gasteiger partial charge in [-0.2, -0.15) is 0 Å². The van der Waals surface area contributed by atoms with Gasteiger partial charge in [0.2, 0.25) is 0 Å². The standard InChI is InChI=1S/C26H31NO4/c1-18(2)31-23-14-27(15-23)13-22(29)17-30-25-11-10-20-7-3-4-9-24(20)26(25)21-8-5-6-19(12-21)16-28/h3-12,18,22-23,28-29H,13-17H2,1-2H3. The van der Waals surface area contributed by atoms with Gasteiger partial charge in [0.1, 0.15) is 18.5 Å². The molecule has 4 rings (SSSR count). The van der Waals surface area contributed by atoms with Crippen LogP contribution in [0.25, 0.3) is 21.9 Å². The maximum atomic E-state index is 10.5. The first kappa shape index (κ1) is 21.8. The molecule has 1 unspecified atom stereocenters. The van der Waals surface area contributed by atoms with Gasteiger partial charge in [-0.1, -0.05) is 48.5 Å². The molecule has 0 spiro atoms. The Kier molecular flexibility index (Phi) is 6.88. The summed E-state index contributed by atoms with van der Waals surface area (Å²) >= 11 is 0. The first-order valence-electron chi connectivity index (χ1n) is 10.9. The Morgan fingerprint density at radius 3 is 2.61 bits per heavy atom. The van der Waals surface area contributed by atoms with E-state index >= 15 is 0 Å². The number of hydrogen-bond acceptors (Lipinski definition) is 5. The Morgan fingerprint density at radius 1 is 1.03 bits per heavy atom. The highest BCUT2D eigenvalue weighted by atomic mass is 16.5. The van der Waals surface area contributed by atoms with Gasteiger partial charge in [0.25, 0.3) is 0 Å². The average molecular weight is 422 g/mol. The van der Waals surface area contributed by atoms with E-state index in [0.717, 1.165) is 46.3 Å². The number of benzene rings is 3. The predicted molar refractivity (Wildman–Crippen MR) is 123 cm³/mol. The molecule has 0 amide bonds. The van der Waals surface area contributed by atoms with Gasteiger partial charge in [-0.25, -0.2) is 0 Å². The summed E-state index contributed by atoms with van der Waals surface area (Å²) in [4.78, 5) is 2.19. The summed E-state index contributed by atoms with van der Waals surface area (Å²) in [5.41, 5.74) is 2.83. The number of likely N-dealkylation sites (tertiary alicyclic amines) is 1. The second kappa shape index (κ2) is 9.79. The minimum absolute atomic E-state index is 0.00906. The molecule has 1 aliphatic heterocycles. The average Bonchev–Trinajstić information content (AvgIpc) is 2.75. The topological polar surface area (TPSA) is 62.2 Å². The van der Waals surface area contributed by atoms with Crippen molar-refractivity contribution in [3.63, 3.8) is 0 Å². The van der Waals surface area contributed by atoms with Crippen LogP contribution in [-0.2, 0) is 11.3 Å². The molecule has 1 atom stereocenters. The first-order chi connectivity index (χ1) is 15.0. The fraction of sp³-hybridized carbons (Fsp3) is 0.385. The molecule has 0 bridgehead atoms. The molecule has 31 heavy (non-hydrogen) atoms. The largest absolute Gasteiger partial charge is 0.490 e. The lowest BCUT2D eigenvalue weighted by molar-refractivity contribution is -0.0920. The summed E-state index contributed by atoms with van der Waals surface area (Å²) in [5, 5.41) is 22.3. The molecule has 1 aliphatic rings. The van der Waals surface area contributed by atoms with E-state index in [2.05, 4.69) is 17.0 Å². The molecule has 164 valence electrons. The van der Waals surface area contributed by atoms with Gasteiger partial charge in [0.15, 0.2) is 0 Å². The number of nitrogens with zero attached hydrogens (tertiary/aromatic N) is 1. The lowest BCUT2D eigenvalue weighted by Crippen LogP contribution is -2.55. The number of aliphatic hydroxyl groups excluding tert-OH is 2. The van der Waals surface area contributed by atoms with Crippen molar-refractivity contribution in [1.82, 2.24) is 4.90 Å². The molecule has 3 aromatic rings. The monoisotopic (exact) mass is 421 g/mol. The second-order valence-corrected chi connectivity index (χ2v) is 8.51. The third kappa shape index (κ3) is 5.25. The van der Waals surface area contributed by atoms with Crippen LogP contribution in [0.15, 0.2) is 60.7 Å². The van der Waals surface area contributed by atoms with Crippen LogP contribution in [0.5, 0.6) is 5.75 Å². The van der Waals surface area contributed by atoms with Gasteiger partial charge in [0, 0.05) is 25.2 Å². The SMILES string of the molecule is CC(C)OC1CN(CC(O)COc2ccc3ccccc3c2-c2cccc(CO)c2)C1. The molecule has 1 heterocycles. The molecular weight excluding hydrogens is 390 g/mol. The number of aliphatic hydroxyl groups is 2. The van der Waals surface area contributed by atoms with E-state index in [1.54, 1.807) is 0 Å². The van der Waals surface area contributed by atoms with Crippen molar-refractivity contribution in [2.45, 2.75) is 38.8 Å². The Labute approximate surface area is 183 Å². The van der Waals surface area contributed by atoms with Crippen LogP contribution in [0.4, 0.5) is 0 Å². The quantitative estimate of drug-likeness (QED) is 0.550. The zero-order chi connectivity index (χ0) is 21.8. The lowest BCUT2D eigenvalue weighted by Gasteiger charge is -2.40. The molecule has 5 heteroatoms. The van der Waals surface area contributed by atoms with Gasteiger partial charge in [0.05, 0.1) is 18.8 Å². The summed E-state index contributed by atoms with van der Waals surface area (Å²) in [5.74, 6) is 0.734. The van der Waals surface area contributed by atoms with E-state index in [-0.39, 0.29) is 25.4 Å². The van der Waals surface area contributed by atoms with Crippen LogP contribution in [-0.4, -0.2) is 59.7 Å². The predicted octanol–water partition coefficient (Wildman–Crippen LogP) is 3.85. The van der Waals surface area contributed by atoms with Crippen molar-refractivity contribution >= 4 is 10.8 Å². The van der Waals surface area contributed by atoms with Crippen LogP contribution in [0.1, 0.15) is 19.4 Å². The second-order valence-electron chi connectivity index (χ2n) is 8.51. The highest BCUT2D eigenvalue weighted by molar-refractivity contribution is 5.99. The molecular formula is C26H31NO4. The van der Waals surface area contributed by atoms with Gasteiger partial charge in [-0.05, 0) is 47.9 Å². The molecule has 1 saturated heterocycles. The van der Waals surface area contributed by atoms with E-state index in [4.69, 9.17) is 9.47 Å². The molecule has 5 nitrogen and oxygen atoms in total. The number of fused-ring (bicyclic) bond motifs is 1. The summed E-state index contributed by atoms with van der Waals surface area (Å²) in [6.45, 7) is 6.57. The first-order valence-corrected chi connectivity index (χ1v) is 10.9. The third-order valence-corrected chi connectivity index (χ3v) is 5.58. The normalized spacial score (nSPS) is 15.9. The van der Waals surface area contributed by atoms with Crippen molar-refractivity contribution in [3.8, 4) is 16.9 Å². The highest BCUT2D eigenvalue weighted by Crippen LogP contribution is 2.37. The van der Waals surface area contributed by atoms with Crippen LogP contribution in [0.3, 0.4) is 0 Å². The van der Waals surface area contributed by atoms with Crippen LogP contribution in [0, 0.1) is 0 Å². The zero-order valence-corrected chi connectivity index (χ0v) is 18.2. The third-order valence-electron chi connectivity index (χ3n) is 5.58. The van der Waals surface area contributed by atoms with Gasteiger partial charge >= 0.3 is 0 Å². The van der Waals surface area contributed by atoms with Crippen LogP contribution >= 0.6 is 0 Å². The van der Waals surface area contributed by atoms with E-state index in [9.17, 15) is 10.2 Å². The Hall–Kier alpha value is -2.44. The van der Waals surface area contributed by atoms with Crippen molar-refractivity contribution < 1.29 is 19.7 Å². The summed E-state index contributed by atoms with van der Waals surface area (Å²) in [6, 6.07) is 20.1. The molecule has 2 N–H and O–H groups in total. The van der Waals surface area contributed by atoms with Crippen LogP contribution < -0.4 is 4.74 Å². The molecule has 0 aromatic heterocycles. The summed E-state index contributed by atoms with van der Waals surface area (Å²) < 4.78 is 11.9. The van der Waals surface area contributed by atoms with Gasteiger partial charge < -0.3 is 19.7 Å². The summed E-state index contributed by atoms with van der Waals surface area (Å²) in [7, 11) is 0. The lowest BCUT2D eigenvalue weighted by atomic mass is 9.96. The maximum absolute atomic E-state index is 10.5. The molecule has 1 fully saturated rings. The van der Waals surface area contributed by atoms with E-state index in [1.165, 1.54) is 0 Å². The van der Waals surface area contributed by atoms with Crippen molar-refractivity contribution in [1.29, 1.82) is 0 Å². The molecule has 0 radical (unpaired) electrons. The fourth-order valence-electron chi connectivity index (χ4n) is 4.17. The molecule has 0 aliphatic carbocycles. The van der Waals surface area contributed by atoms with E-state index in [0.29, 0.717) is 6.54 Å². The van der Waals surface area contributed by atoms with Crippen LogP contribution in [0.2, 0.25) is 0 Å². The zero-order valence-electron chi connectivity index (χ0n) is 18.2. The minimum Gasteiger partial charge on any atom is -0.490 e. The van der Waals surface area contributed by atoms with Crippen molar-refractivity contribution in [2.24, 2.45) is 0 Å². The van der Waals surface area contributed by atoms with Gasteiger partial charge in [-0.15, -0.1) is 0 Å². The minimum atomic E-state index is -0.580. The fourth-order valence-corrected chi connectivity index (χ4v) is 4.17. The number of rotatable bonds is 9.